The summed E-state index contributed by atoms with van der Waals surface area (Å²) < 4.78 is 0. The maximum atomic E-state index is 12.4. The minimum absolute atomic E-state index is 0.336. The van der Waals surface area contributed by atoms with Gasteiger partial charge >= 0.3 is 0 Å². The van der Waals surface area contributed by atoms with Gasteiger partial charge in [-0.05, 0) is 39.2 Å². The molecule has 4 nitrogen and oxygen atoms in total. The summed E-state index contributed by atoms with van der Waals surface area (Å²) in [5.74, 6) is 0.336. The number of hydrogen-bond donors (Lipinski definition) is 1. The second-order valence-corrected chi connectivity index (χ2v) is 5.71. The van der Waals surface area contributed by atoms with Gasteiger partial charge in [0.1, 0.15) is 0 Å². The summed E-state index contributed by atoms with van der Waals surface area (Å²) in [5, 5.41) is 3.30. The quantitative estimate of drug-likeness (QED) is 0.796. The van der Waals surface area contributed by atoms with Crippen LogP contribution >= 0.6 is 0 Å². The van der Waals surface area contributed by atoms with Crippen LogP contribution in [0.1, 0.15) is 39.5 Å². The van der Waals surface area contributed by atoms with Crippen LogP contribution in [0.15, 0.2) is 0 Å². The Kier molecular flexibility index (Phi) is 5.01. The van der Waals surface area contributed by atoms with E-state index in [0.29, 0.717) is 24.5 Å². The maximum absolute atomic E-state index is 12.4. The molecule has 2 aliphatic rings. The number of nitrogens with one attached hydrogen (secondary N) is 1. The van der Waals surface area contributed by atoms with Crippen molar-refractivity contribution in [1.29, 1.82) is 0 Å². The molecule has 104 valence electrons. The standard InChI is InChI=1S/C14H27N3O/c1-3-7-16(13-9-15-10-13)11-14(18)17-8-5-4-6-12(17)2/h12-13,15H,3-11H2,1-2H3. The SMILES string of the molecule is CCCN(CC(=O)N1CCCCC1C)C1CNC1. The fourth-order valence-electron chi connectivity index (χ4n) is 2.94. The van der Waals surface area contributed by atoms with Gasteiger partial charge < -0.3 is 10.2 Å². The van der Waals surface area contributed by atoms with Crippen LogP contribution in [0.4, 0.5) is 0 Å². The molecule has 0 aromatic rings. The molecule has 2 aliphatic heterocycles. The van der Waals surface area contributed by atoms with Crippen molar-refractivity contribution >= 4 is 5.91 Å². The third-order valence-electron chi connectivity index (χ3n) is 4.25. The molecule has 1 amide bonds. The van der Waals surface area contributed by atoms with Crippen LogP contribution in [-0.2, 0) is 4.79 Å². The van der Waals surface area contributed by atoms with E-state index >= 15 is 0 Å². The summed E-state index contributed by atoms with van der Waals surface area (Å²) in [6, 6.07) is 1.02. The summed E-state index contributed by atoms with van der Waals surface area (Å²) in [6.07, 6.45) is 4.74. The Morgan fingerprint density at radius 3 is 2.72 bits per heavy atom. The molecule has 2 rings (SSSR count). The molecule has 18 heavy (non-hydrogen) atoms. The van der Waals surface area contributed by atoms with Crippen molar-refractivity contribution in [2.24, 2.45) is 0 Å². The Bertz CT molecular complexity index is 278. The molecule has 2 fully saturated rings. The predicted molar refractivity (Wildman–Crippen MR) is 73.5 cm³/mol. The summed E-state index contributed by atoms with van der Waals surface area (Å²) in [6.45, 7) is 9.08. The van der Waals surface area contributed by atoms with Crippen LogP contribution in [0.3, 0.4) is 0 Å². The van der Waals surface area contributed by atoms with Gasteiger partial charge in [-0.2, -0.15) is 0 Å². The van der Waals surface area contributed by atoms with E-state index in [1.807, 2.05) is 0 Å². The second-order valence-electron chi connectivity index (χ2n) is 5.71. The van der Waals surface area contributed by atoms with E-state index in [4.69, 9.17) is 0 Å². The molecule has 1 unspecified atom stereocenters. The van der Waals surface area contributed by atoms with Crippen molar-refractivity contribution in [3.05, 3.63) is 0 Å². The Labute approximate surface area is 111 Å². The van der Waals surface area contributed by atoms with Crippen molar-refractivity contribution in [2.75, 3.05) is 32.7 Å². The zero-order valence-electron chi connectivity index (χ0n) is 11.8. The molecule has 0 aromatic carbocycles. The van der Waals surface area contributed by atoms with Gasteiger partial charge in [0.05, 0.1) is 6.54 Å². The van der Waals surface area contributed by atoms with Crippen LogP contribution < -0.4 is 5.32 Å². The number of hydrogen-bond acceptors (Lipinski definition) is 3. The summed E-state index contributed by atoms with van der Waals surface area (Å²) in [4.78, 5) is 16.9. The molecule has 4 heteroatoms. The molecule has 0 spiro atoms. The number of nitrogens with zero attached hydrogens (tertiary/aromatic N) is 2. The number of piperidine rings is 1. The Morgan fingerprint density at radius 1 is 1.39 bits per heavy atom. The van der Waals surface area contributed by atoms with Crippen molar-refractivity contribution in [2.45, 2.75) is 51.6 Å². The van der Waals surface area contributed by atoms with Crippen LogP contribution in [0.5, 0.6) is 0 Å². The molecule has 0 radical (unpaired) electrons. The van der Waals surface area contributed by atoms with Gasteiger partial charge in [-0.25, -0.2) is 0 Å². The first-order valence-corrected chi connectivity index (χ1v) is 7.46. The molecule has 0 saturated carbocycles. The number of rotatable bonds is 5. The summed E-state index contributed by atoms with van der Waals surface area (Å²) in [5.41, 5.74) is 0. The van der Waals surface area contributed by atoms with E-state index in [0.717, 1.165) is 32.6 Å². The fourth-order valence-corrected chi connectivity index (χ4v) is 2.94. The highest BCUT2D eigenvalue weighted by Crippen LogP contribution is 2.17. The first-order valence-electron chi connectivity index (χ1n) is 7.46. The lowest BCUT2D eigenvalue weighted by Crippen LogP contribution is -2.59. The van der Waals surface area contributed by atoms with E-state index in [1.165, 1.54) is 19.3 Å². The largest absolute Gasteiger partial charge is 0.339 e. The molecule has 1 atom stereocenters. The Morgan fingerprint density at radius 2 is 2.17 bits per heavy atom. The van der Waals surface area contributed by atoms with E-state index in [-0.39, 0.29) is 0 Å². The van der Waals surface area contributed by atoms with E-state index in [2.05, 4.69) is 29.0 Å². The van der Waals surface area contributed by atoms with Crippen molar-refractivity contribution in [1.82, 2.24) is 15.1 Å². The van der Waals surface area contributed by atoms with Gasteiger partial charge in [0.2, 0.25) is 5.91 Å². The normalized spacial score (nSPS) is 25.3. The first-order chi connectivity index (χ1) is 8.72. The predicted octanol–water partition coefficient (Wildman–Crippen LogP) is 1.07. The van der Waals surface area contributed by atoms with E-state index in [9.17, 15) is 4.79 Å². The molecular formula is C14H27N3O. The molecule has 1 N–H and O–H groups in total. The molecule has 2 saturated heterocycles. The van der Waals surface area contributed by atoms with Gasteiger partial charge in [0.25, 0.3) is 0 Å². The zero-order chi connectivity index (χ0) is 13.0. The monoisotopic (exact) mass is 253 g/mol. The van der Waals surface area contributed by atoms with Gasteiger partial charge in [0, 0.05) is 31.7 Å². The van der Waals surface area contributed by atoms with Crippen molar-refractivity contribution in [3.63, 3.8) is 0 Å². The summed E-state index contributed by atoms with van der Waals surface area (Å²) in [7, 11) is 0. The third-order valence-corrected chi connectivity index (χ3v) is 4.25. The van der Waals surface area contributed by atoms with Gasteiger partial charge in [0.15, 0.2) is 0 Å². The number of amides is 1. The summed E-state index contributed by atoms with van der Waals surface area (Å²) >= 11 is 0. The topological polar surface area (TPSA) is 35.6 Å². The lowest BCUT2D eigenvalue weighted by molar-refractivity contribution is -0.136. The minimum Gasteiger partial charge on any atom is -0.339 e. The maximum Gasteiger partial charge on any atom is 0.236 e. The van der Waals surface area contributed by atoms with Gasteiger partial charge in [-0.3, -0.25) is 9.69 Å². The van der Waals surface area contributed by atoms with Crippen molar-refractivity contribution < 1.29 is 4.79 Å². The molecule has 0 aromatic heterocycles. The number of likely N-dealkylation sites (tertiary alicyclic amines) is 1. The fraction of sp³-hybridized carbons (Fsp3) is 0.929. The van der Waals surface area contributed by atoms with Gasteiger partial charge in [-0.15, -0.1) is 0 Å². The number of carbonyl (C=O) groups excluding carboxylic acids is 1. The van der Waals surface area contributed by atoms with Crippen LogP contribution in [0.2, 0.25) is 0 Å². The molecule has 2 heterocycles. The van der Waals surface area contributed by atoms with E-state index < -0.39 is 0 Å². The lowest BCUT2D eigenvalue weighted by Gasteiger charge is -2.40. The van der Waals surface area contributed by atoms with Crippen LogP contribution in [0, 0.1) is 0 Å². The molecule has 0 aliphatic carbocycles. The Balaban J connectivity index is 1.86. The zero-order valence-corrected chi connectivity index (χ0v) is 11.8. The van der Waals surface area contributed by atoms with Crippen LogP contribution in [-0.4, -0.2) is 60.5 Å². The Hall–Kier alpha value is -0.610. The lowest BCUT2D eigenvalue weighted by atomic mass is 10.0. The molecule has 0 bridgehead atoms. The highest BCUT2D eigenvalue weighted by atomic mass is 16.2. The first kappa shape index (κ1) is 13.8. The van der Waals surface area contributed by atoms with Crippen LogP contribution in [0.25, 0.3) is 0 Å². The molecular weight excluding hydrogens is 226 g/mol. The average molecular weight is 253 g/mol. The van der Waals surface area contributed by atoms with Gasteiger partial charge in [-0.1, -0.05) is 6.92 Å². The van der Waals surface area contributed by atoms with Crippen molar-refractivity contribution in [3.8, 4) is 0 Å². The average Bonchev–Trinajstić information content (AvgIpc) is 2.27. The highest BCUT2D eigenvalue weighted by molar-refractivity contribution is 5.78. The number of carbonyl (C=O) groups is 1. The highest BCUT2D eigenvalue weighted by Gasteiger charge is 2.29. The third kappa shape index (κ3) is 3.23. The smallest absolute Gasteiger partial charge is 0.236 e. The van der Waals surface area contributed by atoms with E-state index in [1.54, 1.807) is 0 Å². The minimum atomic E-state index is 0.336. The second kappa shape index (κ2) is 6.53.